The summed E-state index contributed by atoms with van der Waals surface area (Å²) in [6.45, 7) is 4.08. The lowest BCUT2D eigenvalue weighted by Gasteiger charge is -1.99. The Morgan fingerprint density at radius 1 is 1.40 bits per heavy atom. The topological polar surface area (TPSA) is 52.0 Å². The van der Waals surface area contributed by atoms with E-state index < -0.39 is 0 Å². The minimum atomic E-state index is 0.239. The second-order valence-corrected chi connectivity index (χ2v) is 3.55. The fraction of sp³-hybridized carbons (Fsp3) is 0.250. The molecule has 0 atom stereocenters. The van der Waals surface area contributed by atoms with Crippen molar-refractivity contribution in [3.05, 3.63) is 35.6 Å². The summed E-state index contributed by atoms with van der Waals surface area (Å²) in [5.41, 5.74) is 8.68. The van der Waals surface area contributed by atoms with Crippen molar-refractivity contribution in [3.63, 3.8) is 0 Å². The quantitative estimate of drug-likeness (QED) is 0.814. The molecule has 0 aliphatic rings. The van der Waals surface area contributed by atoms with Crippen LogP contribution in [0.1, 0.15) is 18.2 Å². The molecule has 78 valence electrons. The molecule has 0 aliphatic carbocycles. The summed E-state index contributed by atoms with van der Waals surface area (Å²) in [5, 5.41) is 0. The van der Waals surface area contributed by atoms with Gasteiger partial charge in [0.2, 0.25) is 0 Å². The van der Waals surface area contributed by atoms with Gasteiger partial charge in [-0.05, 0) is 13.0 Å². The van der Waals surface area contributed by atoms with E-state index >= 15 is 0 Å². The van der Waals surface area contributed by atoms with E-state index in [1.807, 2.05) is 19.1 Å². The molecule has 0 saturated heterocycles. The first-order chi connectivity index (χ1) is 7.20. The van der Waals surface area contributed by atoms with Crippen LogP contribution in [0.3, 0.4) is 0 Å². The molecule has 2 N–H and O–H groups in total. The molecule has 0 unspecified atom stereocenters. The standard InChI is InChI=1S/C12H14N2O/c1-3-10-11(14-12(13)15-10)9-6-4-5-8(2)7-9/h4-7H,3H2,1-2H3,(H2,13,14). The van der Waals surface area contributed by atoms with Crippen LogP contribution in [-0.4, -0.2) is 4.98 Å². The molecule has 3 heteroatoms. The van der Waals surface area contributed by atoms with Crippen molar-refractivity contribution in [2.24, 2.45) is 0 Å². The van der Waals surface area contributed by atoms with Crippen LogP contribution in [0.2, 0.25) is 0 Å². The lowest BCUT2D eigenvalue weighted by atomic mass is 10.1. The largest absolute Gasteiger partial charge is 0.428 e. The number of nitrogens with two attached hydrogens (primary N) is 1. The van der Waals surface area contributed by atoms with Gasteiger partial charge in [0.15, 0.2) is 0 Å². The third-order valence-electron chi connectivity index (χ3n) is 2.33. The van der Waals surface area contributed by atoms with Crippen molar-refractivity contribution in [1.29, 1.82) is 0 Å². The van der Waals surface area contributed by atoms with E-state index in [4.69, 9.17) is 10.2 Å². The SMILES string of the molecule is CCc1oc(N)nc1-c1cccc(C)c1. The molecule has 0 radical (unpaired) electrons. The van der Waals surface area contributed by atoms with Gasteiger partial charge >= 0.3 is 0 Å². The number of hydrogen-bond acceptors (Lipinski definition) is 3. The van der Waals surface area contributed by atoms with Crippen LogP contribution in [0.15, 0.2) is 28.7 Å². The van der Waals surface area contributed by atoms with Gasteiger partial charge in [-0.2, -0.15) is 4.98 Å². The van der Waals surface area contributed by atoms with Crippen LogP contribution in [-0.2, 0) is 6.42 Å². The second kappa shape index (κ2) is 3.77. The molecule has 1 heterocycles. The zero-order valence-electron chi connectivity index (χ0n) is 8.95. The van der Waals surface area contributed by atoms with Gasteiger partial charge in [0, 0.05) is 12.0 Å². The molecular weight excluding hydrogens is 188 g/mol. The van der Waals surface area contributed by atoms with Crippen molar-refractivity contribution in [2.75, 3.05) is 5.73 Å². The molecule has 2 aromatic rings. The molecule has 0 amide bonds. The van der Waals surface area contributed by atoms with Crippen LogP contribution in [0, 0.1) is 6.92 Å². The first-order valence-electron chi connectivity index (χ1n) is 5.03. The average molecular weight is 202 g/mol. The maximum atomic E-state index is 5.55. The molecule has 1 aromatic heterocycles. The molecule has 3 nitrogen and oxygen atoms in total. The summed E-state index contributed by atoms with van der Waals surface area (Å²) in [7, 11) is 0. The number of aromatic nitrogens is 1. The monoisotopic (exact) mass is 202 g/mol. The minimum Gasteiger partial charge on any atom is -0.428 e. The van der Waals surface area contributed by atoms with Gasteiger partial charge in [-0.1, -0.05) is 30.7 Å². The zero-order valence-corrected chi connectivity index (χ0v) is 8.95. The first-order valence-corrected chi connectivity index (χ1v) is 5.03. The van der Waals surface area contributed by atoms with Crippen LogP contribution in [0.25, 0.3) is 11.3 Å². The molecule has 1 aromatic carbocycles. The highest BCUT2D eigenvalue weighted by Gasteiger charge is 2.11. The number of rotatable bonds is 2. The Balaban J connectivity index is 2.53. The van der Waals surface area contributed by atoms with E-state index in [-0.39, 0.29) is 6.01 Å². The Morgan fingerprint density at radius 2 is 2.20 bits per heavy atom. The summed E-state index contributed by atoms with van der Waals surface area (Å²) >= 11 is 0. The van der Waals surface area contributed by atoms with Crippen LogP contribution < -0.4 is 5.73 Å². The Kier molecular flexibility index (Phi) is 2.46. The van der Waals surface area contributed by atoms with Crippen molar-refractivity contribution in [1.82, 2.24) is 4.98 Å². The highest BCUT2D eigenvalue weighted by atomic mass is 16.4. The maximum absolute atomic E-state index is 5.55. The Hall–Kier alpha value is -1.77. The summed E-state index contributed by atoms with van der Waals surface area (Å²) in [5.74, 6) is 0.845. The summed E-state index contributed by atoms with van der Waals surface area (Å²) in [6.07, 6.45) is 0.799. The lowest BCUT2D eigenvalue weighted by Crippen LogP contribution is -1.85. The zero-order chi connectivity index (χ0) is 10.8. The predicted octanol–water partition coefficient (Wildman–Crippen LogP) is 2.79. The van der Waals surface area contributed by atoms with E-state index in [1.165, 1.54) is 5.56 Å². The number of nitrogen functional groups attached to an aromatic ring is 1. The number of aryl methyl sites for hydroxylation is 2. The van der Waals surface area contributed by atoms with E-state index in [0.29, 0.717) is 0 Å². The number of anilines is 1. The molecule has 0 bridgehead atoms. The maximum Gasteiger partial charge on any atom is 0.292 e. The molecule has 15 heavy (non-hydrogen) atoms. The third-order valence-corrected chi connectivity index (χ3v) is 2.33. The van der Waals surface area contributed by atoms with E-state index in [0.717, 1.165) is 23.4 Å². The van der Waals surface area contributed by atoms with Gasteiger partial charge in [-0.3, -0.25) is 0 Å². The van der Waals surface area contributed by atoms with Crippen molar-refractivity contribution < 1.29 is 4.42 Å². The number of oxazole rings is 1. The first kappa shape index (κ1) is 9.77. The molecule has 0 fully saturated rings. The molecule has 0 saturated carbocycles. The van der Waals surface area contributed by atoms with Crippen molar-refractivity contribution in [3.8, 4) is 11.3 Å². The Morgan fingerprint density at radius 3 is 2.87 bits per heavy atom. The van der Waals surface area contributed by atoms with Gasteiger partial charge in [-0.25, -0.2) is 0 Å². The van der Waals surface area contributed by atoms with Gasteiger partial charge < -0.3 is 10.2 Å². The second-order valence-electron chi connectivity index (χ2n) is 3.55. The lowest BCUT2D eigenvalue weighted by molar-refractivity contribution is 0.530. The fourth-order valence-corrected chi connectivity index (χ4v) is 1.63. The minimum absolute atomic E-state index is 0.239. The van der Waals surface area contributed by atoms with Gasteiger partial charge in [0.25, 0.3) is 6.01 Å². The van der Waals surface area contributed by atoms with E-state index in [2.05, 4.69) is 24.0 Å². The van der Waals surface area contributed by atoms with Crippen LogP contribution >= 0.6 is 0 Å². The van der Waals surface area contributed by atoms with E-state index in [1.54, 1.807) is 0 Å². The molecule has 0 aliphatic heterocycles. The highest BCUT2D eigenvalue weighted by molar-refractivity contribution is 5.63. The summed E-state index contributed by atoms with van der Waals surface area (Å²) in [6, 6.07) is 8.40. The fourth-order valence-electron chi connectivity index (χ4n) is 1.63. The number of hydrogen-bond donors (Lipinski definition) is 1. The molecular formula is C12H14N2O. The Labute approximate surface area is 88.9 Å². The van der Waals surface area contributed by atoms with Crippen LogP contribution in [0.4, 0.5) is 6.01 Å². The summed E-state index contributed by atoms with van der Waals surface area (Å²) < 4.78 is 5.32. The van der Waals surface area contributed by atoms with Crippen LogP contribution in [0.5, 0.6) is 0 Å². The average Bonchev–Trinajstić information content (AvgIpc) is 2.59. The smallest absolute Gasteiger partial charge is 0.292 e. The normalized spacial score (nSPS) is 10.5. The summed E-state index contributed by atoms with van der Waals surface area (Å²) in [4.78, 5) is 4.20. The number of benzene rings is 1. The van der Waals surface area contributed by atoms with Gasteiger partial charge in [-0.15, -0.1) is 0 Å². The molecule has 2 rings (SSSR count). The predicted molar refractivity (Wildman–Crippen MR) is 60.5 cm³/mol. The van der Waals surface area contributed by atoms with Gasteiger partial charge in [0.05, 0.1) is 0 Å². The van der Waals surface area contributed by atoms with Crippen molar-refractivity contribution >= 4 is 6.01 Å². The Bertz CT molecular complexity index is 474. The van der Waals surface area contributed by atoms with Gasteiger partial charge in [0.1, 0.15) is 11.5 Å². The highest BCUT2D eigenvalue weighted by Crippen LogP contribution is 2.25. The number of nitrogens with zero attached hydrogens (tertiary/aromatic N) is 1. The molecule has 0 spiro atoms. The van der Waals surface area contributed by atoms with Crippen molar-refractivity contribution in [2.45, 2.75) is 20.3 Å². The van der Waals surface area contributed by atoms with E-state index in [9.17, 15) is 0 Å². The third kappa shape index (κ3) is 1.86.